The fourth-order valence-corrected chi connectivity index (χ4v) is 4.08. The number of hydrogen-bond acceptors (Lipinski definition) is 5. The predicted molar refractivity (Wildman–Crippen MR) is 116 cm³/mol. The second-order valence-corrected chi connectivity index (χ2v) is 7.98. The van der Waals surface area contributed by atoms with Crippen LogP contribution in [0.25, 0.3) is 5.65 Å². The topological polar surface area (TPSA) is 80.0 Å². The van der Waals surface area contributed by atoms with Crippen molar-refractivity contribution in [1.82, 2.24) is 24.4 Å². The van der Waals surface area contributed by atoms with E-state index in [-0.39, 0.29) is 17.9 Å². The van der Waals surface area contributed by atoms with Gasteiger partial charge >= 0.3 is 0 Å². The van der Waals surface area contributed by atoms with Gasteiger partial charge in [-0.25, -0.2) is 9.50 Å². The van der Waals surface area contributed by atoms with E-state index in [1.165, 1.54) is 0 Å². The number of aryl methyl sites for hydroxylation is 1. The number of hydrogen-bond donors (Lipinski definition) is 0. The zero-order valence-electron chi connectivity index (χ0n) is 18.1. The normalized spacial score (nSPS) is 16.7. The molecule has 0 N–H and O–H groups in total. The number of likely N-dealkylation sites (tertiary alicyclic amines) is 1. The van der Waals surface area contributed by atoms with E-state index in [1.807, 2.05) is 37.2 Å². The Morgan fingerprint density at radius 2 is 2.03 bits per heavy atom. The molecule has 0 saturated carbocycles. The smallest absolute Gasteiger partial charge is 0.259 e. The van der Waals surface area contributed by atoms with Gasteiger partial charge in [0.2, 0.25) is 0 Å². The van der Waals surface area contributed by atoms with Crippen molar-refractivity contribution in [2.24, 2.45) is 0 Å². The number of carbonyl (C=O) groups excluding carboxylic acids is 2. The summed E-state index contributed by atoms with van der Waals surface area (Å²) >= 11 is 0. The zero-order valence-corrected chi connectivity index (χ0v) is 18.1. The van der Waals surface area contributed by atoms with Crippen LogP contribution in [-0.4, -0.2) is 69.5 Å². The van der Waals surface area contributed by atoms with Crippen LogP contribution >= 0.6 is 0 Å². The molecule has 1 saturated heterocycles. The summed E-state index contributed by atoms with van der Waals surface area (Å²) in [6.45, 7) is 3.18. The van der Waals surface area contributed by atoms with E-state index in [0.717, 1.165) is 24.8 Å². The zero-order chi connectivity index (χ0) is 22.0. The molecule has 4 rings (SSSR count). The summed E-state index contributed by atoms with van der Waals surface area (Å²) in [5, 5.41) is 4.28. The second-order valence-electron chi connectivity index (χ2n) is 7.98. The van der Waals surface area contributed by atoms with Gasteiger partial charge in [0.05, 0.1) is 13.3 Å². The number of ether oxygens (including phenoxy) is 1. The van der Waals surface area contributed by atoms with Crippen molar-refractivity contribution in [2.75, 3.05) is 27.2 Å². The Balaban J connectivity index is 1.45. The molecule has 2 aromatic heterocycles. The lowest BCUT2D eigenvalue weighted by atomic mass is 10.1. The Bertz CT molecular complexity index is 1110. The van der Waals surface area contributed by atoms with E-state index in [2.05, 4.69) is 10.1 Å². The van der Waals surface area contributed by atoms with Gasteiger partial charge in [0.25, 0.3) is 11.8 Å². The van der Waals surface area contributed by atoms with E-state index in [1.54, 1.807) is 41.1 Å². The third kappa shape index (κ3) is 4.23. The van der Waals surface area contributed by atoms with Crippen LogP contribution in [0.2, 0.25) is 0 Å². The van der Waals surface area contributed by atoms with Crippen LogP contribution in [0.1, 0.15) is 45.5 Å². The number of rotatable bonds is 4. The average molecular weight is 422 g/mol. The first-order valence-electron chi connectivity index (χ1n) is 10.5. The highest BCUT2D eigenvalue weighted by Crippen LogP contribution is 2.22. The minimum atomic E-state index is -0.0613. The van der Waals surface area contributed by atoms with Gasteiger partial charge in [0.15, 0.2) is 5.65 Å². The maximum Gasteiger partial charge on any atom is 0.259 e. The fourth-order valence-electron chi connectivity index (χ4n) is 4.08. The molecule has 1 aromatic carbocycles. The number of fused-ring (bicyclic) bond motifs is 1. The predicted octanol–water partition coefficient (Wildman–Crippen LogP) is 2.81. The highest BCUT2D eigenvalue weighted by atomic mass is 16.5. The molecule has 0 spiro atoms. The van der Waals surface area contributed by atoms with Gasteiger partial charge in [0.1, 0.15) is 11.3 Å². The third-order valence-electron chi connectivity index (χ3n) is 5.89. The first-order valence-corrected chi connectivity index (χ1v) is 10.5. The number of nitrogens with zero attached hydrogens (tertiary/aromatic N) is 5. The summed E-state index contributed by atoms with van der Waals surface area (Å²) in [5.41, 5.74) is 2.67. The van der Waals surface area contributed by atoms with Crippen molar-refractivity contribution in [3.05, 3.63) is 59.5 Å². The summed E-state index contributed by atoms with van der Waals surface area (Å²) in [6.07, 6.45) is 7.59. The van der Waals surface area contributed by atoms with Crippen LogP contribution in [0.3, 0.4) is 0 Å². The number of benzene rings is 1. The quantitative estimate of drug-likeness (QED) is 0.647. The Morgan fingerprint density at radius 1 is 1.19 bits per heavy atom. The molecule has 2 amide bonds. The monoisotopic (exact) mass is 421 g/mol. The lowest BCUT2D eigenvalue weighted by molar-refractivity contribution is 0.0710. The summed E-state index contributed by atoms with van der Waals surface area (Å²) in [7, 11) is 3.42. The second kappa shape index (κ2) is 8.75. The van der Waals surface area contributed by atoms with E-state index in [9.17, 15) is 9.59 Å². The molecule has 0 bridgehead atoms. The first-order chi connectivity index (χ1) is 15.0. The van der Waals surface area contributed by atoms with Gasteiger partial charge in [-0.05, 0) is 49.9 Å². The summed E-state index contributed by atoms with van der Waals surface area (Å²) in [4.78, 5) is 34.2. The molecule has 1 atom stereocenters. The maximum absolute atomic E-state index is 13.2. The van der Waals surface area contributed by atoms with Gasteiger partial charge < -0.3 is 14.5 Å². The molecular weight excluding hydrogens is 394 g/mol. The Kier molecular flexibility index (Phi) is 5.88. The van der Waals surface area contributed by atoms with Crippen LogP contribution in [0.5, 0.6) is 5.75 Å². The van der Waals surface area contributed by atoms with Crippen molar-refractivity contribution in [2.45, 2.75) is 32.2 Å². The van der Waals surface area contributed by atoms with Crippen molar-refractivity contribution in [3.8, 4) is 5.75 Å². The molecule has 162 valence electrons. The largest absolute Gasteiger partial charge is 0.497 e. The molecule has 1 fully saturated rings. The Morgan fingerprint density at radius 3 is 2.84 bits per heavy atom. The Labute approximate surface area is 181 Å². The highest BCUT2D eigenvalue weighted by molar-refractivity contribution is 5.99. The lowest BCUT2D eigenvalue weighted by Gasteiger charge is -2.27. The van der Waals surface area contributed by atoms with Crippen molar-refractivity contribution in [3.63, 3.8) is 0 Å². The molecule has 3 heterocycles. The van der Waals surface area contributed by atoms with Gasteiger partial charge in [0, 0.05) is 44.1 Å². The van der Waals surface area contributed by atoms with Crippen LogP contribution in [-0.2, 0) is 0 Å². The Hall–Kier alpha value is -3.42. The van der Waals surface area contributed by atoms with Gasteiger partial charge in [-0.15, -0.1) is 0 Å². The SMILES string of the molecule is COc1cccc(C(=O)N(C)C2CCCN(C(=O)c3cnn4cc(C)cnc34)CC2)c1. The lowest BCUT2D eigenvalue weighted by Crippen LogP contribution is -2.38. The minimum Gasteiger partial charge on any atom is -0.497 e. The molecule has 1 aliphatic heterocycles. The molecule has 8 heteroatoms. The molecular formula is C23H27N5O3. The summed E-state index contributed by atoms with van der Waals surface area (Å²) < 4.78 is 6.88. The molecule has 1 unspecified atom stereocenters. The molecule has 0 radical (unpaired) electrons. The van der Waals surface area contributed by atoms with Gasteiger partial charge in [-0.1, -0.05) is 6.07 Å². The molecule has 1 aliphatic rings. The van der Waals surface area contributed by atoms with Crippen molar-refractivity contribution >= 4 is 17.5 Å². The van der Waals surface area contributed by atoms with Gasteiger partial charge in [-0.3, -0.25) is 9.59 Å². The third-order valence-corrected chi connectivity index (χ3v) is 5.89. The van der Waals surface area contributed by atoms with E-state index >= 15 is 0 Å². The number of amides is 2. The average Bonchev–Trinajstić information content (AvgIpc) is 3.04. The van der Waals surface area contributed by atoms with Crippen LogP contribution in [0, 0.1) is 6.92 Å². The number of aromatic nitrogens is 3. The highest BCUT2D eigenvalue weighted by Gasteiger charge is 2.28. The molecule has 0 aliphatic carbocycles. The first kappa shape index (κ1) is 20.8. The molecule has 8 nitrogen and oxygen atoms in total. The van der Waals surface area contributed by atoms with E-state index in [4.69, 9.17) is 4.74 Å². The van der Waals surface area contributed by atoms with Crippen LogP contribution in [0.15, 0.2) is 42.9 Å². The van der Waals surface area contributed by atoms with E-state index in [0.29, 0.717) is 35.6 Å². The molecule has 3 aromatic rings. The summed E-state index contributed by atoms with van der Waals surface area (Å²) in [5.74, 6) is 0.564. The van der Waals surface area contributed by atoms with Gasteiger partial charge in [-0.2, -0.15) is 5.10 Å². The number of carbonyl (C=O) groups is 2. The van der Waals surface area contributed by atoms with E-state index < -0.39 is 0 Å². The summed E-state index contributed by atoms with van der Waals surface area (Å²) in [6, 6.07) is 7.27. The van der Waals surface area contributed by atoms with Crippen LogP contribution < -0.4 is 4.74 Å². The van der Waals surface area contributed by atoms with Crippen molar-refractivity contribution in [1.29, 1.82) is 0 Å². The standard InChI is InChI=1S/C23H27N5O3/c1-16-13-24-21-20(14-25-28(21)15-16)23(30)27-10-5-7-18(9-11-27)26(2)22(29)17-6-4-8-19(12-17)31-3/h4,6,8,12-15,18H,5,7,9-11H2,1-3H3. The maximum atomic E-state index is 13.2. The van der Waals surface area contributed by atoms with Crippen LogP contribution in [0.4, 0.5) is 0 Å². The van der Waals surface area contributed by atoms with Crippen molar-refractivity contribution < 1.29 is 14.3 Å². The molecule has 31 heavy (non-hydrogen) atoms. The fraction of sp³-hybridized carbons (Fsp3) is 0.391. The number of methoxy groups -OCH3 is 1. The minimum absolute atomic E-state index is 0.0362.